The van der Waals surface area contributed by atoms with Crippen LogP contribution in [0.4, 0.5) is 10.5 Å². The van der Waals surface area contributed by atoms with E-state index < -0.39 is 9.84 Å². The van der Waals surface area contributed by atoms with Crippen LogP contribution in [0.2, 0.25) is 5.02 Å². The number of benzene rings is 1. The van der Waals surface area contributed by atoms with Crippen LogP contribution in [0.1, 0.15) is 12.8 Å². The van der Waals surface area contributed by atoms with E-state index in [1.807, 2.05) is 0 Å². The minimum Gasteiger partial charge on any atom is -0.335 e. The lowest BCUT2D eigenvalue weighted by molar-refractivity contribution is 0.247. The topological polar surface area (TPSA) is 75.3 Å². The van der Waals surface area contributed by atoms with Crippen LogP contribution in [0.15, 0.2) is 24.3 Å². The molecule has 0 atom stereocenters. The minimum absolute atomic E-state index is 0.0872. The predicted molar refractivity (Wildman–Crippen MR) is 75.3 cm³/mol. The number of halogens is 1. The standard InChI is InChI=1S/C12H15ClN2O3S/c13-9-1-3-10(4-2-9)14-12(16)15-11-5-7-19(17,18)8-6-11/h1-4,11H,5-8H2,(H2,14,15,16). The van der Waals surface area contributed by atoms with Crippen LogP contribution in [0, 0.1) is 0 Å². The van der Waals surface area contributed by atoms with Gasteiger partial charge in [-0.05, 0) is 37.1 Å². The molecule has 1 aliphatic rings. The summed E-state index contributed by atoms with van der Waals surface area (Å²) in [5, 5.41) is 6.05. The average molecular weight is 303 g/mol. The summed E-state index contributed by atoms with van der Waals surface area (Å²) in [6.07, 6.45) is 0.937. The van der Waals surface area contributed by atoms with Gasteiger partial charge in [0.1, 0.15) is 9.84 Å². The fraction of sp³-hybridized carbons (Fsp3) is 0.417. The molecule has 1 aromatic carbocycles. The molecule has 0 bridgehead atoms. The van der Waals surface area contributed by atoms with Gasteiger partial charge in [0.25, 0.3) is 0 Å². The third-order valence-electron chi connectivity index (χ3n) is 2.99. The van der Waals surface area contributed by atoms with E-state index in [0.717, 1.165) is 0 Å². The Labute approximate surface area is 117 Å². The monoisotopic (exact) mass is 302 g/mol. The first-order chi connectivity index (χ1) is 8.94. The molecule has 0 radical (unpaired) electrons. The number of nitrogens with one attached hydrogen (secondary N) is 2. The highest BCUT2D eigenvalue weighted by atomic mass is 35.5. The van der Waals surface area contributed by atoms with E-state index in [0.29, 0.717) is 23.6 Å². The van der Waals surface area contributed by atoms with E-state index in [-0.39, 0.29) is 23.6 Å². The summed E-state index contributed by atoms with van der Waals surface area (Å²) >= 11 is 5.75. The quantitative estimate of drug-likeness (QED) is 0.878. The Kier molecular flexibility index (Phi) is 4.31. The Morgan fingerprint density at radius 2 is 1.74 bits per heavy atom. The zero-order valence-electron chi connectivity index (χ0n) is 10.2. The summed E-state index contributed by atoms with van der Waals surface area (Å²) in [7, 11) is -2.90. The Bertz CT molecular complexity index is 543. The number of hydrogen-bond acceptors (Lipinski definition) is 3. The molecule has 0 unspecified atom stereocenters. The van der Waals surface area contributed by atoms with E-state index in [4.69, 9.17) is 11.6 Å². The average Bonchev–Trinajstić information content (AvgIpc) is 2.35. The third-order valence-corrected chi connectivity index (χ3v) is 4.96. The largest absolute Gasteiger partial charge is 0.335 e. The highest BCUT2D eigenvalue weighted by molar-refractivity contribution is 7.91. The van der Waals surface area contributed by atoms with Gasteiger partial charge in [-0.15, -0.1) is 0 Å². The number of hydrogen-bond donors (Lipinski definition) is 2. The van der Waals surface area contributed by atoms with Gasteiger partial charge in [0.05, 0.1) is 11.5 Å². The molecular weight excluding hydrogens is 288 g/mol. The van der Waals surface area contributed by atoms with Crippen molar-refractivity contribution in [3.05, 3.63) is 29.3 Å². The summed E-state index contributed by atoms with van der Waals surface area (Å²) in [5.74, 6) is 0.276. The summed E-state index contributed by atoms with van der Waals surface area (Å²) in [6.45, 7) is 0. The van der Waals surface area contributed by atoms with Gasteiger partial charge in [-0.3, -0.25) is 0 Å². The third kappa shape index (κ3) is 4.40. The number of carbonyl (C=O) groups is 1. The second-order valence-electron chi connectivity index (χ2n) is 4.53. The van der Waals surface area contributed by atoms with Crippen molar-refractivity contribution in [3.63, 3.8) is 0 Å². The number of carbonyl (C=O) groups excluding carboxylic acids is 1. The van der Waals surface area contributed by atoms with E-state index in [1.165, 1.54) is 0 Å². The molecule has 2 N–H and O–H groups in total. The van der Waals surface area contributed by atoms with Crippen molar-refractivity contribution in [1.82, 2.24) is 5.32 Å². The lowest BCUT2D eigenvalue weighted by atomic mass is 10.2. The van der Waals surface area contributed by atoms with E-state index in [1.54, 1.807) is 24.3 Å². The van der Waals surface area contributed by atoms with Crippen LogP contribution in [-0.4, -0.2) is 32.0 Å². The van der Waals surface area contributed by atoms with Crippen LogP contribution in [0.25, 0.3) is 0 Å². The normalized spacial score (nSPS) is 18.8. The lowest BCUT2D eigenvalue weighted by Crippen LogP contribution is -2.42. The van der Waals surface area contributed by atoms with Crippen molar-refractivity contribution in [1.29, 1.82) is 0 Å². The molecule has 0 aliphatic carbocycles. The Balaban J connectivity index is 1.83. The van der Waals surface area contributed by atoms with Crippen LogP contribution in [0.5, 0.6) is 0 Å². The van der Waals surface area contributed by atoms with Crippen LogP contribution >= 0.6 is 11.6 Å². The molecule has 2 amide bonds. The molecule has 19 heavy (non-hydrogen) atoms. The fourth-order valence-corrected chi connectivity index (χ4v) is 3.54. The van der Waals surface area contributed by atoms with Gasteiger partial charge in [-0.2, -0.15) is 0 Å². The fourth-order valence-electron chi connectivity index (χ4n) is 1.92. The zero-order chi connectivity index (χ0) is 13.9. The highest BCUT2D eigenvalue weighted by Gasteiger charge is 2.24. The van der Waals surface area contributed by atoms with Gasteiger partial charge in [-0.1, -0.05) is 11.6 Å². The van der Waals surface area contributed by atoms with Crippen molar-refractivity contribution in [3.8, 4) is 0 Å². The maximum atomic E-state index is 11.7. The summed E-state index contributed by atoms with van der Waals surface area (Å²) in [5.41, 5.74) is 0.644. The molecule has 1 saturated heterocycles. The Hall–Kier alpha value is -1.27. The summed E-state index contributed by atoms with van der Waals surface area (Å²) < 4.78 is 22.5. The van der Waals surface area contributed by atoms with Gasteiger partial charge < -0.3 is 10.6 Å². The number of anilines is 1. The van der Waals surface area contributed by atoms with Crippen molar-refractivity contribution >= 4 is 33.2 Å². The lowest BCUT2D eigenvalue weighted by Gasteiger charge is -2.23. The SMILES string of the molecule is O=C(Nc1ccc(Cl)cc1)NC1CCS(=O)(=O)CC1. The molecule has 5 nitrogen and oxygen atoms in total. The van der Waals surface area contributed by atoms with Crippen LogP contribution < -0.4 is 10.6 Å². The molecule has 2 rings (SSSR count). The van der Waals surface area contributed by atoms with Crippen molar-refractivity contribution < 1.29 is 13.2 Å². The van der Waals surface area contributed by atoms with E-state index >= 15 is 0 Å². The number of amides is 2. The van der Waals surface area contributed by atoms with Crippen molar-refractivity contribution in [2.24, 2.45) is 0 Å². The summed E-state index contributed by atoms with van der Waals surface area (Å²) in [4.78, 5) is 11.7. The van der Waals surface area contributed by atoms with E-state index in [2.05, 4.69) is 10.6 Å². The number of rotatable bonds is 2. The Morgan fingerprint density at radius 1 is 1.16 bits per heavy atom. The van der Waals surface area contributed by atoms with E-state index in [9.17, 15) is 13.2 Å². The maximum Gasteiger partial charge on any atom is 0.319 e. The zero-order valence-corrected chi connectivity index (χ0v) is 11.8. The second-order valence-corrected chi connectivity index (χ2v) is 7.27. The van der Waals surface area contributed by atoms with Crippen LogP contribution in [-0.2, 0) is 9.84 Å². The first-order valence-electron chi connectivity index (χ1n) is 5.98. The molecule has 1 aliphatic heterocycles. The molecular formula is C12H15ClN2O3S. The van der Waals surface area contributed by atoms with Gasteiger partial charge in [0.2, 0.25) is 0 Å². The molecule has 0 spiro atoms. The van der Waals surface area contributed by atoms with Gasteiger partial charge in [0.15, 0.2) is 0 Å². The number of urea groups is 1. The smallest absolute Gasteiger partial charge is 0.319 e. The Morgan fingerprint density at radius 3 is 2.32 bits per heavy atom. The van der Waals surface area contributed by atoms with Gasteiger partial charge in [0, 0.05) is 16.8 Å². The molecule has 0 aromatic heterocycles. The molecule has 1 fully saturated rings. The van der Waals surface area contributed by atoms with Crippen molar-refractivity contribution in [2.75, 3.05) is 16.8 Å². The molecule has 104 valence electrons. The maximum absolute atomic E-state index is 11.7. The van der Waals surface area contributed by atoms with Gasteiger partial charge >= 0.3 is 6.03 Å². The first-order valence-corrected chi connectivity index (χ1v) is 8.18. The molecule has 0 saturated carbocycles. The molecule has 1 aromatic rings. The predicted octanol–water partition coefficient (Wildman–Crippen LogP) is 2.04. The second kappa shape index (κ2) is 5.79. The van der Waals surface area contributed by atoms with Gasteiger partial charge in [-0.25, -0.2) is 13.2 Å². The highest BCUT2D eigenvalue weighted by Crippen LogP contribution is 2.14. The minimum atomic E-state index is -2.90. The first kappa shape index (κ1) is 14.1. The van der Waals surface area contributed by atoms with Crippen molar-refractivity contribution in [2.45, 2.75) is 18.9 Å². The molecule has 1 heterocycles. The summed E-state index contributed by atoms with van der Waals surface area (Å²) in [6, 6.07) is 6.36. The molecule has 7 heteroatoms. The number of sulfone groups is 1. The van der Waals surface area contributed by atoms with Crippen LogP contribution in [0.3, 0.4) is 0 Å².